The van der Waals surface area contributed by atoms with Crippen molar-refractivity contribution in [3.63, 3.8) is 0 Å². The molecule has 3 rings (SSSR count). The van der Waals surface area contributed by atoms with E-state index in [9.17, 15) is 4.79 Å². The number of ether oxygens (including phenoxy) is 1. The predicted octanol–water partition coefficient (Wildman–Crippen LogP) is 6.15. The van der Waals surface area contributed by atoms with Crippen molar-refractivity contribution in [3.8, 4) is 5.75 Å². The molecule has 148 valence electrons. The summed E-state index contributed by atoms with van der Waals surface area (Å²) in [6.07, 6.45) is 3.01. The van der Waals surface area contributed by atoms with Gasteiger partial charge in [0.2, 0.25) is 0 Å². The normalized spacial score (nSPS) is 10.9. The standard InChI is InChI=1S/C20H13BrCl3N3O2/c21-16-8-12(10-26-27-20(28)15-2-1-7-25-19(15)24)3-6-18(16)29-11-13-4-5-14(22)9-17(13)23/h1-10H,11H2,(H,27,28). The zero-order valence-corrected chi connectivity index (χ0v) is 18.6. The Bertz CT molecular complexity index is 1080. The lowest BCUT2D eigenvalue weighted by molar-refractivity contribution is 0.0955. The summed E-state index contributed by atoms with van der Waals surface area (Å²) in [5.74, 6) is 0.192. The van der Waals surface area contributed by atoms with Crippen LogP contribution in [0.15, 0.2) is 64.3 Å². The number of carbonyl (C=O) groups is 1. The van der Waals surface area contributed by atoms with Gasteiger partial charge in [-0.15, -0.1) is 0 Å². The van der Waals surface area contributed by atoms with Crippen LogP contribution in [0.3, 0.4) is 0 Å². The second kappa shape index (κ2) is 10.1. The lowest BCUT2D eigenvalue weighted by atomic mass is 10.2. The SMILES string of the molecule is O=C(NN=Cc1ccc(OCc2ccc(Cl)cc2Cl)c(Br)c1)c1cccnc1Cl. The number of hydrogen-bond donors (Lipinski definition) is 1. The number of halogens is 4. The first-order valence-corrected chi connectivity index (χ1v) is 10.2. The highest BCUT2D eigenvalue weighted by molar-refractivity contribution is 9.10. The number of nitrogens with zero attached hydrogens (tertiary/aromatic N) is 2. The second-order valence-electron chi connectivity index (χ2n) is 5.76. The van der Waals surface area contributed by atoms with Gasteiger partial charge in [-0.05, 0) is 64.0 Å². The zero-order chi connectivity index (χ0) is 20.8. The summed E-state index contributed by atoms with van der Waals surface area (Å²) < 4.78 is 6.53. The Balaban J connectivity index is 1.61. The van der Waals surface area contributed by atoms with E-state index in [0.717, 1.165) is 15.6 Å². The van der Waals surface area contributed by atoms with E-state index in [1.807, 2.05) is 12.1 Å². The quantitative estimate of drug-likeness (QED) is 0.244. The van der Waals surface area contributed by atoms with Crippen LogP contribution in [0.2, 0.25) is 15.2 Å². The number of hydrazone groups is 1. The molecule has 0 spiro atoms. The summed E-state index contributed by atoms with van der Waals surface area (Å²) >= 11 is 21.4. The molecular weight excluding hydrogens is 501 g/mol. The van der Waals surface area contributed by atoms with E-state index in [4.69, 9.17) is 39.5 Å². The van der Waals surface area contributed by atoms with Gasteiger partial charge in [0.25, 0.3) is 5.91 Å². The minimum Gasteiger partial charge on any atom is -0.488 e. The summed E-state index contributed by atoms with van der Waals surface area (Å²) in [5.41, 5.74) is 4.24. The van der Waals surface area contributed by atoms with Crippen LogP contribution in [-0.2, 0) is 6.61 Å². The molecule has 9 heteroatoms. The number of hydrogen-bond acceptors (Lipinski definition) is 4. The fourth-order valence-corrected chi connectivity index (χ4v) is 3.47. The number of pyridine rings is 1. The second-order valence-corrected chi connectivity index (χ2v) is 7.81. The van der Waals surface area contributed by atoms with Crippen molar-refractivity contribution in [2.45, 2.75) is 6.61 Å². The Labute approximate surface area is 190 Å². The fraction of sp³-hybridized carbons (Fsp3) is 0.0500. The average Bonchev–Trinajstić information content (AvgIpc) is 2.69. The molecule has 1 N–H and O–H groups in total. The van der Waals surface area contributed by atoms with E-state index < -0.39 is 5.91 Å². The van der Waals surface area contributed by atoms with Gasteiger partial charge in [0.1, 0.15) is 17.5 Å². The summed E-state index contributed by atoms with van der Waals surface area (Å²) in [7, 11) is 0. The first-order chi connectivity index (χ1) is 13.9. The van der Waals surface area contributed by atoms with Crippen LogP contribution in [0, 0.1) is 0 Å². The minimum atomic E-state index is -0.446. The summed E-state index contributed by atoms with van der Waals surface area (Å²) in [4.78, 5) is 15.9. The molecule has 0 aliphatic carbocycles. The lowest BCUT2D eigenvalue weighted by Gasteiger charge is -2.10. The Kier molecular flexibility index (Phi) is 7.50. The van der Waals surface area contributed by atoms with E-state index in [1.165, 1.54) is 12.4 Å². The average molecular weight is 514 g/mol. The zero-order valence-electron chi connectivity index (χ0n) is 14.7. The van der Waals surface area contributed by atoms with Crippen molar-refractivity contribution < 1.29 is 9.53 Å². The summed E-state index contributed by atoms with van der Waals surface area (Å²) in [5, 5.41) is 5.17. The van der Waals surface area contributed by atoms with Crippen molar-refractivity contribution >= 4 is 62.9 Å². The lowest BCUT2D eigenvalue weighted by Crippen LogP contribution is -2.18. The fourth-order valence-electron chi connectivity index (χ4n) is 2.29. The monoisotopic (exact) mass is 511 g/mol. The smallest absolute Gasteiger partial charge is 0.274 e. The molecule has 1 heterocycles. The van der Waals surface area contributed by atoms with Gasteiger partial charge >= 0.3 is 0 Å². The van der Waals surface area contributed by atoms with Crippen LogP contribution in [0.5, 0.6) is 5.75 Å². The van der Waals surface area contributed by atoms with Crippen LogP contribution in [0.25, 0.3) is 0 Å². The van der Waals surface area contributed by atoms with E-state index in [2.05, 4.69) is 31.4 Å². The third kappa shape index (κ3) is 5.93. The molecule has 1 aromatic heterocycles. The van der Waals surface area contributed by atoms with Crippen molar-refractivity contribution in [2.75, 3.05) is 0 Å². The minimum absolute atomic E-state index is 0.116. The summed E-state index contributed by atoms with van der Waals surface area (Å²) in [6.45, 7) is 0.296. The van der Waals surface area contributed by atoms with Gasteiger partial charge in [-0.2, -0.15) is 5.10 Å². The molecular formula is C20H13BrCl3N3O2. The Morgan fingerprint density at radius 2 is 2.00 bits per heavy atom. The highest BCUT2D eigenvalue weighted by Crippen LogP contribution is 2.28. The Hall–Kier alpha value is -2.12. The van der Waals surface area contributed by atoms with Gasteiger partial charge in [0, 0.05) is 21.8 Å². The molecule has 0 unspecified atom stereocenters. The van der Waals surface area contributed by atoms with Gasteiger partial charge < -0.3 is 4.74 Å². The molecule has 0 bridgehead atoms. The van der Waals surface area contributed by atoms with Gasteiger partial charge in [0.15, 0.2) is 0 Å². The number of rotatable bonds is 6. The van der Waals surface area contributed by atoms with E-state index in [-0.39, 0.29) is 10.7 Å². The van der Waals surface area contributed by atoms with Crippen molar-refractivity contribution in [2.24, 2.45) is 5.10 Å². The summed E-state index contributed by atoms with van der Waals surface area (Å²) in [6, 6.07) is 13.8. The van der Waals surface area contributed by atoms with Crippen LogP contribution in [-0.4, -0.2) is 17.1 Å². The maximum Gasteiger partial charge on any atom is 0.274 e. The third-order valence-corrected chi connectivity index (χ3v) is 5.25. The Morgan fingerprint density at radius 3 is 2.72 bits per heavy atom. The largest absolute Gasteiger partial charge is 0.488 e. The molecule has 0 atom stereocenters. The van der Waals surface area contributed by atoms with Crippen molar-refractivity contribution in [1.82, 2.24) is 10.4 Å². The molecule has 29 heavy (non-hydrogen) atoms. The molecule has 3 aromatic rings. The van der Waals surface area contributed by atoms with E-state index in [1.54, 1.807) is 36.4 Å². The van der Waals surface area contributed by atoms with Crippen molar-refractivity contribution in [3.05, 3.63) is 91.1 Å². The number of nitrogens with one attached hydrogen (secondary N) is 1. The number of carbonyl (C=O) groups excluding carboxylic acids is 1. The highest BCUT2D eigenvalue weighted by Gasteiger charge is 2.09. The van der Waals surface area contributed by atoms with E-state index >= 15 is 0 Å². The van der Waals surface area contributed by atoms with Crippen LogP contribution in [0.1, 0.15) is 21.5 Å². The highest BCUT2D eigenvalue weighted by atomic mass is 79.9. The first-order valence-electron chi connectivity index (χ1n) is 8.24. The van der Waals surface area contributed by atoms with Gasteiger partial charge in [-0.1, -0.05) is 40.9 Å². The molecule has 0 aliphatic rings. The molecule has 5 nitrogen and oxygen atoms in total. The predicted molar refractivity (Wildman–Crippen MR) is 119 cm³/mol. The van der Waals surface area contributed by atoms with Gasteiger partial charge in [-0.3, -0.25) is 4.79 Å². The number of aromatic nitrogens is 1. The van der Waals surface area contributed by atoms with Gasteiger partial charge in [0.05, 0.1) is 16.3 Å². The van der Waals surface area contributed by atoms with Crippen molar-refractivity contribution in [1.29, 1.82) is 0 Å². The molecule has 0 radical (unpaired) electrons. The van der Waals surface area contributed by atoms with Crippen LogP contribution < -0.4 is 10.2 Å². The molecule has 0 saturated heterocycles. The van der Waals surface area contributed by atoms with Crippen LogP contribution in [0.4, 0.5) is 0 Å². The van der Waals surface area contributed by atoms with Gasteiger partial charge in [-0.25, -0.2) is 10.4 Å². The third-order valence-electron chi connectivity index (χ3n) is 3.74. The Morgan fingerprint density at radius 1 is 1.17 bits per heavy atom. The van der Waals surface area contributed by atoms with E-state index in [0.29, 0.717) is 22.4 Å². The molecule has 1 amide bonds. The molecule has 0 saturated carbocycles. The molecule has 0 fully saturated rings. The molecule has 2 aromatic carbocycles. The first kappa shape index (κ1) is 21.6. The molecule has 0 aliphatic heterocycles. The maximum atomic E-state index is 12.0. The maximum absolute atomic E-state index is 12.0. The number of benzene rings is 2. The topological polar surface area (TPSA) is 63.6 Å². The number of amides is 1. The van der Waals surface area contributed by atoms with Crippen LogP contribution >= 0.6 is 50.7 Å².